The Morgan fingerprint density at radius 3 is 2.60 bits per heavy atom. The normalized spacial score (nSPS) is 10.2. The van der Waals surface area contributed by atoms with Crippen molar-refractivity contribution < 1.29 is 5.11 Å². The van der Waals surface area contributed by atoms with E-state index in [0.29, 0.717) is 0 Å². The summed E-state index contributed by atoms with van der Waals surface area (Å²) in [5.74, 6) is 0. The Bertz CT molecular complexity index is 394. The molecule has 3 N–H and O–H groups in total. The zero-order chi connectivity index (χ0) is 10.5. The lowest BCUT2D eigenvalue weighted by molar-refractivity contribution is 0.282. The van der Waals surface area contributed by atoms with Gasteiger partial charge in [0.15, 0.2) is 0 Å². The largest absolute Gasteiger partial charge is 0.392 e. The summed E-state index contributed by atoms with van der Waals surface area (Å²) in [7, 11) is 0. The van der Waals surface area contributed by atoms with E-state index in [1.807, 2.05) is 30.3 Å². The van der Waals surface area contributed by atoms with Crippen LogP contribution < -0.4 is 5.32 Å². The van der Waals surface area contributed by atoms with E-state index in [1.165, 1.54) is 0 Å². The smallest absolute Gasteiger partial charge is 0.0681 e. The van der Waals surface area contributed by atoms with Crippen LogP contribution in [0.1, 0.15) is 11.3 Å². The standard InChI is InChI=1S/C11H13N3O/c15-8-9-1-3-10(4-2-9)12-7-11-5-6-13-14-11/h1-6,12,15H,7-8H2,(H,13,14). The first-order valence-corrected chi connectivity index (χ1v) is 4.80. The summed E-state index contributed by atoms with van der Waals surface area (Å²) < 4.78 is 0. The molecule has 4 heteroatoms. The third-order valence-electron chi connectivity index (χ3n) is 2.18. The van der Waals surface area contributed by atoms with Crippen molar-refractivity contribution in [2.45, 2.75) is 13.2 Å². The summed E-state index contributed by atoms with van der Waals surface area (Å²) in [6.45, 7) is 0.805. The van der Waals surface area contributed by atoms with E-state index in [9.17, 15) is 0 Å². The van der Waals surface area contributed by atoms with Gasteiger partial charge >= 0.3 is 0 Å². The SMILES string of the molecule is OCc1ccc(NCc2ccn[nH]2)cc1. The fraction of sp³-hybridized carbons (Fsp3) is 0.182. The van der Waals surface area contributed by atoms with E-state index < -0.39 is 0 Å². The monoisotopic (exact) mass is 203 g/mol. The molecule has 78 valence electrons. The van der Waals surface area contributed by atoms with Gasteiger partial charge in [-0.15, -0.1) is 0 Å². The molecule has 0 amide bonds. The molecular weight excluding hydrogens is 190 g/mol. The van der Waals surface area contributed by atoms with Crippen molar-refractivity contribution in [2.75, 3.05) is 5.32 Å². The van der Waals surface area contributed by atoms with Gasteiger partial charge in [-0.25, -0.2) is 0 Å². The second kappa shape index (κ2) is 4.61. The van der Waals surface area contributed by atoms with Crippen LogP contribution in [0.2, 0.25) is 0 Å². The Labute approximate surface area is 88.0 Å². The van der Waals surface area contributed by atoms with Crippen LogP contribution in [0.3, 0.4) is 0 Å². The van der Waals surface area contributed by atoms with Gasteiger partial charge in [-0.2, -0.15) is 5.10 Å². The summed E-state index contributed by atoms with van der Waals surface area (Å²) in [6, 6.07) is 9.61. The number of nitrogens with one attached hydrogen (secondary N) is 2. The van der Waals surface area contributed by atoms with Crippen molar-refractivity contribution in [3.8, 4) is 0 Å². The molecule has 0 aliphatic heterocycles. The highest BCUT2D eigenvalue weighted by Gasteiger charge is 1.95. The number of aliphatic hydroxyl groups excluding tert-OH is 1. The van der Waals surface area contributed by atoms with Gasteiger partial charge in [0.2, 0.25) is 0 Å². The van der Waals surface area contributed by atoms with Crippen molar-refractivity contribution >= 4 is 5.69 Å². The summed E-state index contributed by atoms with van der Waals surface area (Å²) in [4.78, 5) is 0. The molecule has 0 unspecified atom stereocenters. The van der Waals surface area contributed by atoms with Crippen LogP contribution in [0.5, 0.6) is 0 Å². The van der Waals surface area contributed by atoms with E-state index in [0.717, 1.165) is 23.5 Å². The molecule has 0 atom stereocenters. The molecular formula is C11H13N3O. The zero-order valence-corrected chi connectivity index (χ0v) is 8.27. The average molecular weight is 203 g/mol. The number of nitrogens with zero attached hydrogens (tertiary/aromatic N) is 1. The first kappa shape index (κ1) is 9.73. The molecule has 2 aromatic rings. The predicted octanol–water partition coefficient (Wildman–Crippen LogP) is 1.51. The van der Waals surface area contributed by atoms with Crippen LogP contribution in [-0.2, 0) is 13.2 Å². The van der Waals surface area contributed by atoms with Crippen LogP contribution in [0.25, 0.3) is 0 Å². The average Bonchev–Trinajstić information content (AvgIpc) is 2.80. The predicted molar refractivity (Wildman–Crippen MR) is 58.3 cm³/mol. The number of H-pyrrole nitrogens is 1. The summed E-state index contributed by atoms with van der Waals surface area (Å²) in [5.41, 5.74) is 2.99. The molecule has 0 spiro atoms. The lowest BCUT2D eigenvalue weighted by Crippen LogP contribution is -1.99. The van der Waals surface area contributed by atoms with E-state index in [2.05, 4.69) is 15.5 Å². The van der Waals surface area contributed by atoms with Crippen molar-refractivity contribution in [2.24, 2.45) is 0 Å². The second-order valence-corrected chi connectivity index (χ2v) is 3.29. The number of benzene rings is 1. The lowest BCUT2D eigenvalue weighted by atomic mass is 10.2. The Hall–Kier alpha value is -1.81. The van der Waals surface area contributed by atoms with Gasteiger partial charge < -0.3 is 10.4 Å². The van der Waals surface area contributed by atoms with Gasteiger partial charge in [0.05, 0.1) is 18.8 Å². The van der Waals surface area contributed by atoms with Gasteiger partial charge in [-0.1, -0.05) is 12.1 Å². The third-order valence-corrected chi connectivity index (χ3v) is 2.18. The molecule has 0 bridgehead atoms. The van der Waals surface area contributed by atoms with Crippen LogP contribution in [0.4, 0.5) is 5.69 Å². The maximum absolute atomic E-state index is 8.87. The Morgan fingerprint density at radius 1 is 1.20 bits per heavy atom. The maximum Gasteiger partial charge on any atom is 0.0681 e. The topological polar surface area (TPSA) is 60.9 Å². The molecule has 1 aromatic carbocycles. The van der Waals surface area contributed by atoms with Gasteiger partial charge in [0.1, 0.15) is 0 Å². The lowest BCUT2D eigenvalue weighted by Gasteiger charge is -2.05. The number of aromatic amines is 1. The molecule has 0 aliphatic carbocycles. The second-order valence-electron chi connectivity index (χ2n) is 3.29. The van der Waals surface area contributed by atoms with Crippen molar-refractivity contribution in [3.05, 3.63) is 47.8 Å². The fourth-order valence-corrected chi connectivity index (χ4v) is 1.31. The van der Waals surface area contributed by atoms with Crippen LogP contribution in [-0.4, -0.2) is 15.3 Å². The molecule has 0 saturated carbocycles. The minimum absolute atomic E-state index is 0.0842. The number of aliphatic hydroxyl groups is 1. The molecule has 1 aromatic heterocycles. The van der Waals surface area contributed by atoms with E-state index in [4.69, 9.17) is 5.11 Å². The number of aromatic nitrogens is 2. The molecule has 0 fully saturated rings. The highest BCUT2D eigenvalue weighted by atomic mass is 16.3. The van der Waals surface area contributed by atoms with E-state index >= 15 is 0 Å². The molecule has 4 nitrogen and oxygen atoms in total. The van der Waals surface area contributed by atoms with E-state index in [1.54, 1.807) is 6.20 Å². The van der Waals surface area contributed by atoms with Crippen LogP contribution in [0, 0.1) is 0 Å². The summed E-state index contributed by atoms with van der Waals surface area (Å²) >= 11 is 0. The van der Waals surface area contributed by atoms with Crippen LogP contribution in [0.15, 0.2) is 36.5 Å². The summed E-state index contributed by atoms with van der Waals surface area (Å²) in [5, 5.41) is 18.9. The maximum atomic E-state index is 8.87. The molecule has 0 saturated heterocycles. The molecule has 15 heavy (non-hydrogen) atoms. The van der Waals surface area contributed by atoms with Crippen molar-refractivity contribution in [1.29, 1.82) is 0 Å². The molecule has 1 heterocycles. The quantitative estimate of drug-likeness (QED) is 0.706. The van der Waals surface area contributed by atoms with Gasteiger partial charge in [-0.05, 0) is 23.8 Å². The Balaban J connectivity index is 1.93. The number of hydrogen-bond acceptors (Lipinski definition) is 3. The number of rotatable bonds is 4. The summed E-state index contributed by atoms with van der Waals surface area (Å²) in [6.07, 6.45) is 1.73. The minimum atomic E-state index is 0.0842. The van der Waals surface area contributed by atoms with Gasteiger partial charge in [-0.3, -0.25) is 5.10 Å². The minimum Gasteiger partial charge on any atom is -0.392 e. The number of hydrogen-bond donors (Lipinski definition) is 3. The van der Waals surface area contributed by atoms with Gasteiger partial charge in [0.25, 0.3) is 0 Å². The number of anilines is 1. The highest BCUT2D eigenvalue weighted by Crippen LogP contribution is 2.10. The fourth-order valence-electron chi connectivity index (χ4n) is 1.31. The molecule has 0 aliphatic rings. The molecule has 0 radical (unpaired) electrons. The Kier molecular flexibility index (Phi) is 2.99. The van der Waals surface area contributed by atoms with Crippen LogP contribution >= 0.6 is 0 Å². The van der Waals surface area contributed by atoms with Gasteiger partial charge in [0, 0.05) is 11.9 Å². The van der Waals surface area contributed by atoms with Crippen molar-refractivity contribution in [3.63, 3.8) is 0 Å². The zero-order valence-electron chi connectivity index (χ0n) is 8.27. The molecule has 2 rings (SSSR count). The Morgan fingerprint density at radius 2 is 2.00 bits per heavy atom. The highest BCUT2D eigenvalue weighted by molar-refractivity contribution is 5.44. The van der Waals surface area contributed by atoms with Crippen molar-refractivity contribution in [1.82, 2.24) is 10.2 Å². The first-order valence-electron chi connectivity index (χ1n) is 4.80. The van der Waals surface area contributed by atoms with E-state index in [-0.39, 0.29) is 6.61 Å². The third kappa shape index (κ3) is 2.57. The first-order chi connectivity index (χ1) is 7.38.